The molecule has 0 saturated heterocycles. The average Bonchev–Trinajstić information content (AvgIpc) is 2.70. The van der Waals surface area contributed by atoms with Crippen molar-refractivity contribution in [2.75, 3.05) is 7.11 Å². The zero-order valence-electron chi connectivity index (χ0n) is 9.83. The van der Waals surface area contributed by atoms with Gasteiger partial charge >= 0.3 is 5.97 Å². The van der Waals surface area contributed by atoms with Crippen LogP contribution >= 0.6 is 0 Å². The first-order chi connectivity index (χ1) is 8.11. The number of methoxy groups -OCH3 is 1. The van der Waals surface area contributed by atoms with Crippen molar-refractivity contribution in [2.24, 2.45) is 0 Å². The fraction of sp³-hybridized carbons (Fsp3) is 0.231. The van der Waals surface area contributed by atoms with Crippen LogP contribution in [0.3, 0.4) is 0 Å². The number of carbonyl (C=O) groups is 1. The van der Waals surface area contributed by atoms with Crippen LogP contribution in [0.4, 0.5) is 0 Å². The molecule has 4 nitrogen and oxygen atoms in total. The molecule has 0 fully saturated rings. The quantitative estimate of drug-likeness (QED) is 0.627. The van der Waals surface area contributed by atoms with E-state index < -0.39 is 5.97 Å². The molecule has 2 rings (SSSR count). The second-order valence-electron chi connectivity index (χ2n) is 4.01. The summed E-state index contributed by atoms with van der Waals surface area (Å²) < 4.78 is 4.52. The molecule has 4 heteroatoms. The Morgan fingerprint density at radius 2 is 2.24 bits per heavy atom. The van der Waals surface area contributed by atoms with E-state index in [0.29, 0.717) is 0 Å². The van der Waals surface area contributed by atoms with Gasteiger partial charge in [0, 0.05) is 23.5 Å². The molecule has 0 aliphatic rings. The summed E-state index contributed by atoms with van der Waals surface area (Å²) in [5.74, 6) is -0.577. The molecule has 2 aromatic rings. The lowest BCUT2D eigenvalue weighted by Gasteiger charge is -2.01. The third kappa shape index (κ3) is 2.20. The molecule has 1 aromatic heterocycles. The van der Waals surface area contributed by atoms with Crippen molar-refractivity contribution >= 4 is 22.6 Å². The average molecular weight is 230 g/mol. The van der Waals surface area contributed by atoms with Crippen molar-refractivity contribution in [3.63, 3.8) is 0 Å². The van der Waals surface area contributed by atoms with Gasteiger partial charge < -0.3 is 9.72 Å². The summed E-state index contributed by atoms with van der Waals surface area (Å²) in [5.41, 5.74) is 3.11. The number of H-pyrrole nitrogens is 1. The van der Waals surface area contributed by atoms with Crippen molar-refractivity contribution in [2.45, 2.75) is 13.3 Å². The molecule has 0 amide bonds. The Morgan fingerprint density at radius 1 is 1.47 bits per heavy atom. The van der Waals surface area contributed by atoms with Gasteiger partial charge in [-0.25, -0.2) is 4.79 Å². The van der Waals surface area contributed by atoms with Gasteiger partial charge in [-0.1, -0.05) is 12.1 Å². The number of esters is 1. The van der Waals surface area contributed by atoms with Crippen molar-refractivity contribution < 1.29 is 9.53 Å². The number of hydrogen-bond acceptors (Lipinski definition) is 3. The highest BCUT2D eigenvalue weighted by molar-refractivity contribution is 6.35. The fourth-order valence-electron chi connectivity index (χ4n) is 1.83. The van der Waals surface area contributed by atoms with E-state index in [2.05, 4.69) is 9.72 Å². The van der Waals surface area contributed by atoms with E-state index in [9.17, 15) is 4.79 Å². The molecule has 1 heterocycles. The monoisotopic (exact) mass is 230 g/mol. The van der Waals surface area contributed by atoms with Gasteiger partial charge in [0.05, 0.1) is 7.11 Å². The maximum Gasteiger partial charge on any atom is 0.352 e. The Labute approximate surface area is 99.1 Å². The number of aromatic amines is 1. The predicted octanol–water partition coefficient (Wildman–Crippen LogP) is 2.21. The Bertz CT molecular complexity index is 584. The van der Waals surface area contributed by atoms with Crippen LogP contribution in [0.25, 0.3) is 10.9 Å². The molecule has 0 atom stereocenters. The number of fused-ring (bicyclic) bond motifs is 1. The molecule has 0 aliphatic heterocycles. The molecule has 2 N–H and O–H groups in total. The summed E-state index contributed by atoms with van der Waals surface area (Å²) in [4.78, 5) is 14.3. The summed E-state index contributed by atoms with van der Waals surface area (Å²) in [6.45, 7) is 2.02. The minimum Gasteiger partial charge on any atom is -0.465 e. The van der Waals surface area contributed by atoms with E-state index in [0.717, 1.165) is 16.5 Å². The maximum atomic E-state index is 11.2. The topological polar surface area (TPSA) is 65.9 Å². The Morgan fingerprint density at radius 3 is 2.94 bits per heavy atom. The van der Waals surface area contributed by atoms with Crippen LogP contribution in [-0.4, -0.2) is 23.8 Å². The van der Waals surface area contributed by atoms with E-state index in [4.69, 9.17) is 5.41 Å². The molecule has 1 aromatic carbocycles. The van der Waals surface area contributed by atoms with Crippen molar-refractivity contribution in [3.05, 3.63) is 35.5 Å². The molecule has 0 unspecified atom stereocenters. The SMILES string of the molecule is COC(=O)C(=N)Cc1c[nH]c2cc(C)ccc12. The second kappa shape index (κ2) is 4.41. The van der Waals surface area contributed by atoms with E-state index in [1.807, 2.05) is 31.3 Å². The number of aromatic nitrogens is 1. The molecule has 17 heavy (non-hydrogen) atoms. The highest BCUT2D eigenvalue weighted by Crippen LogP contribution is 2.20. The van der Waals surface area contributed by atoms with Crippen molar-refractivity contribution in [1.29, 1.82) is 5.41 Å². The smallest absolute Gasteiger partial charge is 0.352 e. The Balaban J connectivity index is 2.31. The highest BCUT2D eigenvalue weighted by Gasteiger charge is 2.12. The molecule has 88 valence electrons. The molecule has 0 saturated carbocycles. The zero-order valence-corrected chi connectivity index (χ0v) is 9.83. The number of carbonyl (C=O) groups excluding carboxylic acids is 1. The Kier molecular flexibility index (Phi) is 2.95. The number of hydrogen-bond donors (Lipinski definition) is 2. The largest absolute Gasteiger partial charge is 0.465 e. The summed E-state index contributed by atoms with van der Waals surface area (Å²) in [5, 5.41) is 8.65. The normalized spacial score (nSPS) is 10.5. The lowest BCUT2D eigenvalue weighted by Crippen LogP contribution is -2.16. The first-order valence-electron chi connectivity index (χ1n) is 5.34. The van der Waals surface area contributed by atoms with E-state index in [-0.39, 0.29) is 12.1 Å². The summed E-state index contributed by atoms with van der Waals surface area (Å²) in [7, 11) is 1.29. The predicted molar refractivity (Wildman–Crippen MR) is 66.5 cm³/mol. The van der Waals surface area contributed by atoms with Crippen LogP contribution in [0.5, 0.6) is 0 Å². The highest BCUT2D eigenvalue weighted by atomic mass is 16.5. The van der Waals surface area contributed by atoms with Crippen LogP contribution in [0.2, 0.25) is 0 Å². The molecular formula is C13H14N2O2. The summed E-state index contributed by atoms with van der Waals surface area (Å²) >= 11 is 0. The summed E-state index contributed by atoms with van der Waals surface area (Å²) in [6, 6.07) is 6.06. The standard InChI is InChI=1S/C13H14N2O2/c1-8-3-4-10-9(7-15-12(10)5-8)6-11(14)13(16)17-2/h3-5,7,14-15H,6H2,1-2H3. The van der Waals surface area contributed by atoms with Gasteiger partial charge in [0.2, 0.25) is 0 Å². The van der Waals surface area contributed by atoms with Gasteiger partial charge in [0.1, 0.15) is 5.71 Å². The van der Waals surface area contributed by atoms with Gasteiger partial charge in [0.15, 0.2) is 0 Å². The van der Waals surface area contributed by atoms with Gasteiger partial charge in [-0.05, 0) is 24.1 Å². The van der Waals surface area contributed by atoms with E-state index >= 15 is 0 Å². The van der Waals surface area contributed by atoms with E-state index in [1.54, 1.807) is 0 Å². The van der Waals surface area contributed by atoms with Crippen LogP contribution in [0.15, 0.2) is 24.4 Å². The second-order valence-corrected chi connectivity index (χ2v) is 4.01. The first kappa shape index (κ1) is 11.4. The molecule has 0 spiro atoms. The number of aryl methyl sites for hydroxylation is 1. The number of rotatable bonds is 3. The number of ether oxygens (including phenoxy) is 1. The lowest BCUT2D eigenvalue weighted by atomic mass is 10.1. The molecule has 0 aliphatic carbocycles. The molecule has 0 bridgehead atoms. The minimum absolute atomic E-state index is 0.0334. The number of nitrogens with one attached hydrogen (secondary N) is 2. The summed E-state index contributed by atoms with van der Waals surface area (Å²) in [6.07, 6.45) is 2.12. The van der Waals surface area contributed by atoms with Gasteiger partial charge in [-0.15, -0.1) is 0 Å². The third-order valence-corrected chi connectivity index (χ3v) is 2.72. The lowest BCUT2D eigenvalue weighted by molar-refractivity contribution is -0.132. The zero-order chi connectivity index (χ0) is 12.4. The number of benzene rings is 1. The van der Waals surface area contributed by atoms with Gasteiger partial charge in [-0.2, -0.15) is 0 Å². The van der Waals surface area contributed by atoms with Crippen LogP contribution < -0.4 is 0 Å². The van der Waals surface area contributed by atoms with Crippen LogP contribution in [0.1, 0.15) is 11.1 Å². The van der Waals surface area contributed by atoms with Gasteiger partial charge in [0.25, 0.3) is 0 Å². The minimum atomic E-state index is -0.577. The van der Waals surface area contributed by atoms with Crippen molar-refractivity contribution in [1.82, 2.24) is 4.98 Å². The first-order valence-corrected chi connectivity index (χ1v) is 5.34. The molecule has 0 radical (unpaired) electrons. The fourth-order valence-corrected chi connectivity index (χ4v) is 1.83. The van der Waals surface area contributed by atoms with Crippen molar-refractivity contribution in [3.8, 4) is 0 Å². The van der Waals surface area contributed by atoms with E-state index in [1.165, 1.54) is 12.7 Å². The third-order valence-electron chi connectivity index (χ3n) is 2.72. The molecular weight excluding hydrogens is 216 g/mol. The maximum absolute atomic E-state index is 11.2. The Hall–Kier alpha value is -2.10. The van der Waals surface area contributed by atoms with Gasteiger partial charge in [-0.3, -0.25) is 5.41 Å². The van der Waals surface area contributed by atoms with Crippen LogP contribution in [-0.2, 0) is 16.0 Å². The van der Waals surface area contributed by atoms with Crippen LogP contribution in [0, 0.1) is 12.3 Å².